The van der Waals surface area contributed by atoms with Crippen molar-refractivity contribution in [2.45, 2.75) is 6.42 Å². The molecule has 1 N–H and O–H groups in total. The van der Waals surface area contributed by atoms with Crippen LogP contribution in [0, 0.1) is 0 Å². The fourth-order valence-corrected chi connectivity index (χ4v) is 3.79. The minimum atomic E-state index is -0.779. The SMILES string of the molecule is O=C1NC(=O)N(c2ccc(Br)cc2)C(=O)/C1=C/c1ccccc1Cc1ccccc1Cl. The molecule has 0 atom stereocenters. The Morgan fingerprint density at radius 1 is 0.871 bits per heavy atom. The summed E-state index contributed by atoms with van der Waals surface area (Å²) in [6.07, 6.45) is 2.05. The summed E-state index contributed by atoms with van der Waals surface area (Å²) in [7, 11) is 0. The summed E-state index contributed by atoms with van der Waals surface area (Å²) in [5.41, 5.74) is 2.78. The first-order chi connectivity index (χ1) is 14.9. The van der Waals surface area contributed by atoms with E-state index in [0.717, 1.165) is 20.5 Å². The summed E-state index contributed by atoms with van der Waals surface area (Å²) in [4.78, 5) is 38.9. The number of nitrogens with one attached hydrogen (secondary N) is 1. The molecule has 154 valence electrons. The van der Waals surface area contributed by atoms with Gasteiger partial charge in [-0.1, -0.05) is 70.0 Å². The molecule has 0 bridgehead atoms. The van der Waals surface area contributed by atoms with Crippen LogP contribution in [0.4, 0.5) is 10.5 Å². The molecule has 1 fully saturated rings. The minimum absolute atomic E-state index is 0.117. The molecule has 1 heterocycles. The second-order valence-corrected chi connectivity index (χ2v) is 8.22. The molecule has 0 saturated carbocycles. The van der Waals surface area contributed by atoms with Crippen LogP contribution in [0.1, 0.15) is 16.7 Å². The molecule has 7 heteroatoms. The van der Waals surface area contributed by atoms with Crippen molar-refractivity contribution in [3.8, 4) is 0 Å². The van der Waals surface area contributed by atoms with Crippen LogP contribution in [0.15, 0.2) is 82.8 Å². The van der Waals surface area contributed by atoms with Crippen LogP contribution in [-0.4, -0.2) is 17.8 Å². The van der Waals surface area contributed by atoms with Gasteiger partial charge in [-0.25, -0.2) is 9.69 Å². The summed E-state index contributed by atoms with van der Waals surface area (Å²) in [5.74, 6) is -1.40. The Morgan fingerprint density at radius 2 is 1.52 bits per heavy atom. The van der Waals surface area contributed by atoms with E-state index in [1.54, 1.807) is 24.3 Å². The lowest BCUT2D eigenvalue weighted by Gasteiger charge is -2.26. The van der Waals surface area contributed by atoms with Crippen LogP contribution in [0.2, 0.25) is 5.02 Å². The average Bonchev–Trinajstić information content (AvgIpc) is 2.75. The van der Waals surface area contributed by atoms with Gasteiger partial charge in [0, 0.05) is 9.50 Å². The van der Waals surface area contributed by atoms with Crippen LogP contribution < -0.4 is 10.2 Å². The molecule has 31 heavy (non-hydrogen) atoms. The zero-order valence-corrected chi connectivity index (χ0v) is 18.5. The lowest BCUT2D eigenvalue weighted by Crippen LogP contribution is -2.54. The van der Waals surface area contributed by atoms with Gasteiger partial charge in [0.2, 0.25) is 0 Å². The zero-order chi connectivity index (χ0) is 22.0. The van der Waals surface area contributed by atoms with Crippen molar-refractivity contribution in [3.05, 3.63) is 105 Å². The highest BCUT2D eigenvalue weighted by atomic mass is 79.9. The van der Waals surface area contributed by atoms with Crippen molar-refractivity contribution < 1.29 is 14.4 Å². The Hall–Kier alpha value is -3.22. The first-order valence-corrected chi connectivity index (χ1v) is 10.6. The molecule has 0 aromatic heterocycles. The molecule has 5 nitrogen and oxygen atoms in total. The molecule has 3 aromatic carbocycles. The van der Waals surface area contributed by atoms with E-state index in [4.69, 9.17) is 11.6 Å². The summed E-state index contributed by atoms with van der Waals surface area (Å²) in [6.45, 7) is 0. The fourth-order valence-electron chi connectivity index (χ4n) is 3.32. The van der Waals surface area contributed by atoms with E-state index in [2.05, 4.69) is 21.2 Å². The number of nitrogens with zero attached hydrogens (tertiary/aromatic N) is 1. The van der Waals surface area contributed by atoms with Gasteiger partial charge in [0.05, 0.1) is 5.69 Å². The molecule has 1 aliphatic heterocycles. The zero-order valence-electron chi connectivity index (χ0n) is 16.1. The predicted octanol–water partition coefficient (Wildman–Crippen LogP) is 5.36. The van der Waals surface area contributed by atoms with Crippen molar-refractivity contribution in [1.29, 1.82) is 0 Å². The number of benzene rings is 3. The third-order valence-corrected chi connectivity index (χ3v) is 5.78. The highest BCUT2D eigenvalue weighted by Gasteiger charge is 2.36. The lowest BCUT2D eigenvalue weighted by molar-refractivity contribution is -0.122. The normalized spacial score (nSPS) is 15.4. The Bertz CT molecular complexity index is 1220. The smallest absolute Gasteiger partial charge is 0.273 e. The molecule has 0 spiro atoms. The van der Waals surface area contributed by atoms with Crippen LogP contribution in [0.3, 0.4) is 0 Å². The van der Waals surface area contributed by atoms with Crippen LogP contribution in [-0.2, 0) is 16.0 Å². The number of imide groups is 2. The first-order valence-electron chi connectivity index (χ1n) is 9.42. The number of urea groups is 1. The molecule has 0 radical (unpaired) electrons. The molecule has 3 aromatic rings. The van der Waals surface area contributed by atoms with Crippen molar-refractivity contribution in [2.75, 3.05) is 4.90 Å². The van der Waals surface area contributed by atoms with E-state index in [0.29, 0.717) is 22.7 Å². The topological polar surface area (TPSA) is 66.5 Å². The molecular formula is C24H16BrClN2O3. The van der Waals surface area contributed by atoms with Crippen LogP contribution in [0.5, 0.6) is 0 Å². The van der Waals surface area contributed by atoms with Gasteiger partial charge in [-0.2, -0.15) is 0 Å². The molecule has 4 amide bonds. The van der Waals surface area contributed by atoms with Gasteiger partial charge >= 0.3 is 6.03 Å². The second kappa shape index (κ2) is 8.88. The highest BCUT2D eigenvalue weighted by Crippen LogP contribution is 2.26. The quantitative estimate of drug-likeness (QED) is 0.391. The molecule has 1 aliphatic rings. The Balaban J connectivity index is 1.71. The van der Waals surface area contributed by atoms with E-state index in [1.807, 2.05) is 48.5 Å². The Morgan fingerprint density at radius 3 is 2.23 bits per heavy atom. The maximum absolute atomic E-state index is 13.1. The average molecular weight is 496 g/mol. The van der Waals surface area contributed by atoms with Crippen molar-refractivity contribution in [3.63, 3.8) is 0 Å². The summed E-state index contributed by atoms with van der Waals surface area (Å²) >= 11 is 9.62. The predicted molar refractivity (Wildman–Crippen MR) is 124 cm³/mol. The summed E-state index contributed by atoms with van der Waals surface area (Å²) in [5, 5.41) is 2.89. The van der Waals surface area contributed by atoms with Crippen molar-refractivity contribution in [1.82, 2.24) is 5.32 Å². The van der Waals surface area contributed by atoms with Gasteiger partial charge in [0.15, 0.2) is 0 Å². The number of hydrogen-bond acceptors (Lipinski definition) is 3. The van der Waals surface area contributed by atoms with Gasteiger partial charge in [0.1, 0.15) is 5.57 Å². The third kappa shape index (κ3) is 4.45. The number of halogens is 2. The Kier molecular flexibility index (Phi) is 6.02. The number of amides is 4. The van der Waals surface area contributed by atoms with E-state index >= 15 is 0 Å². The number of carbonyl (C=O) groups excluding carboxylic acids is 3. The van der Waals surface area contributed by atoms with Gasteiger partial charge in [-0.3, -0.25) is 14.9 Å². The summed E-state index contributed by atoms with van der Waals surface area (Å²) in [6, 6.07) is 20.9. The number of rotatable bonds is 4. The van der Waals surface area contributed by atoms with Gasteiger partial charge < -0.3 is 0 Å². The van der Waals surface area contributed by atoms with E-state index in [1.165, 1.54) is 6.08 Å². The third-order valence-electron chi connectivity index (χ3n) is 4.88. The molecule has 0 unspecified atom stereocenters. The lowest BCUT2D eigenvalue weighted by atomic mass is 9.97. The fraction of sp³-hybridized carbons (Fsp3) is 0.0417. The monoisotopic (exact) mass is 494 g/mol. The second-order valence-electron chi connectivity index (χ2n) is 6.90. The Labute approximate surface area is 192 Å². The van der Waals surface area contributed by atoms with E-state index in [9.17, 15) is 14.4 Å². The van der Waals surface area contributed by atoms with Crippen molar-refractivity contribution >= 4 is 57.1 Å². The number of carbonyl (C=O) groups is 3. The van der Waals surface area contributed by atoms with E-state index < -0.39 is 17.8 Å². The van der Waals surface area contributed by atoms with Gasteiger partial charge in [-0.05, 0) is 59.5 Å². The number of hydrogen-bond donors (Lipinski definition) is 1. The summed E-state index contributed by atoms with van der Waals surface area (Å²) < 4.78 is 0.807. The molecule has 0 aliphatic carbocycles. The maximum Gasteiger partial charge on any atom is 0.335 e. The maximum atomic E-state index is 13.1. The molecule has 4 rings (SSSR count). The van der Waals surface area contributed by atoms with Crippen LogP contribution in [0.25, 0.3) is 6.08 Å². The van der Waals surface area contributed by atoms with Gasteiger partial charge in [-0.15, -0.1) is 0 Å². The molecular weight excluding hydrogens is 480 g/mol. The minimum Gasteiger partial charge on any atom is -0.273 e. The number of barbiturate groups is 1. The largest absolute Gasteiger partial charge is 0.335 e. The van der Waals surface area contributed by atoms with Crippen LogP contribution >= 0.6 is 27.5 Å². The van der Waals surface area contributed by atoms with Crippen molar-refractivity contribution in [2.24, 2.45) is 0 Å². The standard InChI is InChI=1S/C24H16BrClN2O3/c25-18-9-11-19(12-10-18)28-23(30)20(22(29)27-24(28)31)14-16-6-2-1-5-15(16)13-17-7-3-4-8-21(17)26/h1-12,14H,13H2,(H,27,29,31)/b20-14+. The van der Waals surface area contributed by atoms with Gasteiger partial charge in [0.25, 0.3) is 11.8 Å². The number of anilines is 1. The van der Waals surface area contributed by atoms with E-state index in [-0.39, 0.29) is 5.57 Å². The first kappa shape index (κ1) is 21.0. The highest BCUT2D eigenvalue weighted by molar-refractivity contribution is 9.10. The molecule has 1 saturated heterocycles.